The molecule has 0 amide bonds. The highest BCUT2D eigenvalue weighted by Crippen LogP contribution is 2.26. The summed E-state index contributed by atoms with van der Waals surface area (Å²) in [6.07, 6.45) is 0.422. The summed E-state index contributed by atoms with van der Waals surface area (Å²) in [6, 6.07) is 9.42. The zero-order valence-electron chi connectivity index (χ0n) is 10.8. The second kappa shape index (κ2) is 5.36. The summed E-state index contributed by atoms with van der Waals surface area (Å²) < 4.78 is 13.9. The maximum absolute atomic E-state index is 13.9. The molecule has 0 saturated carbocycles. The quantitative estimate of drug-likeness (QED) is 0.803. The number of nitriles is 1. The van der Waals surface area contributed by atoms with Crippen LogP contribution in [0.4, 0.5) is 10.1 Å². The zero-order chi connectivity index (χ0) is 13.1. The Balaban J connectivity index is 2.28. The van der Waals surface area contributed by atoms with Crippen molar-refractivity contribution in [2.24, 2.45) is 0 Å². The van der Waals surface area contributed by atoms with Gasteiger partial charge < -0.3 is 4.90 Å². The smallest absolute Gasteiger partial charge is 0.146 e. The van der Waals surface area contributed by atoms with Gasteiger partial charge in [0.1, 0.15) is 5.82 Å². The second-order valence-corrected chi connectivity index (χ2v) is 4.91. The van der Waals surface area contributed by atoms with Gasteiger partial charge in [0.2, 0.25) is 0 Å². The van der Waals surface area contributed by atoms with E-state index in [1.165, 1.54) is 6.07 Å². The molecule has 1 saturated heterocycles. The van der Waals surface area contributed by atoms with Crippen LogP contribution in [0.5, 0.6) is 0 Å². The van der Waals surface area contributed by atoms with Crippen LogP contribution in [0.15, 0.2) is 24.3 Å². The lowest BCUT2D eigenvalue weighted by Crippen LogP contribution is -2.56. The van der Waals surface area contributed by atoms with Crippen molar-refractivity contribution in [2.75, 3.05) is 25.0 Å². The molecule has 1 aromatic rings. The van der Waals surface area contributed by atoms with Crippen LogP contribution in [0.1, 0.15) is 13.3 Å². The van der Waals surface area contributed by atoms with Gasteiger partial charge in [-0.2, -0.15) is 5.26 Å². The Morgan fingerprint density at radius 3 is 2.78 bits per heavy atom. The third kappa shape index (κ3) is 2.46. The van der Waals surface area contributed by atoms with Crippen LogP contribution in [-0.2, 0) is 0 Å². The summed E-state index contributed by atoms with van der Waals surface area (Å²) in [7, 11) is 2.05. The number of hydrogen-bond donors (Lipinski definition) is 0. The number of nitrogens with zero attached hydrogens (tertiary/aromatic N) is 3. The maximum Gasteiger partial charge on any atom is 0.146 e. The van der Waals surface area contributed by atoms with Crippen LogP contribution < -0.4 is 4.90 Å². The molecule has 18 heavy (non-hydrogen) atoms. The number of anilines is 1. The third-order valence-electron chi connectivity index (χ3n) is 3.64. The van der Waals surface area contributed by atoms with Crippen molar-refractivity contribution in [2.45, 2.75) is 25.4 Å². The molecular weight excluding hydrogens is 229 g/mol. The van der Waals surface area contributed by atoms with Crippen molar-refractivity contribution < 1.29 is 4.39 Å². The van der Waals surface area contributed by atoms with Crippen LogP contribution in [0.3, 0.4) is 0 Å². The lowest BCUT2D eigenvalue weighted by atomic mass is 10.0. The largest absolute Gasteiger partial charge is 0.362 e. The molecule has 1 aliphatic heterocycles. The molecule has 0 aliphatic carbocycles. The van der Waals surface area contributed by atoms with E-state index in [-0.39, 0.29) is 11.9 Å². The van der Waals surface area contributed by atoms with Crippen molar-refractivity contribution in [3.63, 3.8) is 0 Å². The molecule has 3 nitrogen and oxygen atoms in total. The topological polar surface area (TPSA) is 30.3 Å². The Hall–Kier alpha value is -1.60. The van der Waals surface area contributed by atoms with Crippen molar-refractivity contribution in [1.82, 2.24) is 4.90 Å². The van der Waals surface area contributed by atoms with E-state index in [2.05, 4.69) is 17.9 Å². The van der Waals surface area contributed by atoms with Crippen molar-refractivity contribution in [1.29, 1.82) is 5.26 Å². The molecule has 0 spiro atoms. The fourth-order valence-corrected chi connectivity index (χ4v) is 2.44. The van der Waals surface area contributed by atoms with Gasteiger partial charge in [-0.05, 0) is 26.1 Å². The molecule has 96 valence electrons. The highest BCUT2D eigenvalue weighted by atomic mass is 19.1. The van der Waals surface area contributed by atoms with E-state index in [0.29, 0.717) is 18.2 Å². The third-order valence-corrected chi connectivity index (χ3v) is 3.64. The van der Waals surface area contributed by atoms with Gasteiger partial charge in [-0.25, -0.2) is 4.39 Å². The predicted octanol–water partition coefficient (Wildman–Crippen LogP) is 2.25. The molecular formula is C14H18FN3. The summed E-state index contributed by atoms with van der Waals surface area (Å²) in [6.45, 7) is 3.67. The molecule has 1 fully saturated rings. The van der Waals surface area contributed by atoms with E-state index in [9.17, 15) is 4.39 Å². The molecule has 4 heteroatoms. The minimum Gasteiger partial charge on any atom is -0.362 e. The summed E-state index contributed by atoms with van der Waals surface area (Å²) in [4.78, 5) is 4.25. The van der Waals surface area contributed by atoms with Crippen molar-refractivity contribution in [3.05, 3.63) is 30.1 Å². The molecule has 1 heterocycles. The van der Waals surface area contributed by atoms with Gasteiger partial charge in [0.25, 0.3) is 0 Å². The molecule has 1 aromatic carbocycles. The van der Waals surface area contributed by atoms with Gasteiger partial charge in [-0.15, -0.1) is 0 Å². The van der Waals surface area contributed by atoms with Crippen molar-refractivity contribution >= 4 is 5.69 Å². The molecule has 0 aromatic heterocycles. The Morgan fingerprint density at radius 2 is 2.11 bits per heavy atom. The minimum atomic E-state index is -0.211. The van der Waals surface area contributed by atoms with Gasteiger partial charge in [-0.3, -0.25) is 4.90 Å². The van der Waals surface area contributed by atoms with Crippen LogP contribution in [0, 0.1) is 17.1 Å². The molecule has 2 rings (SSSR count). The predicted molar refractivity (Wildman–Crippen MR) is 69.9 cm³/mol. The van der Waals surface area contributed by atoms with Gasteiger partial charge in [0.15, 0.2) is 0 Å². The fourth-order valence-electron chi connectivity index (χ4n) is 2.44. The Morgan fingerprint density at radius 1 is 1.39 bits per heavy atom. The Labute approximate surface area is 107 Å². The number of likely N-dealkylation sites (N-methyl/N-ethyl adjacent to an activating group) is 1. The van der Waals surface area contributed by atoms with Crippen LogP contribution in [-0.4, -0.2) is 37.1 Å². The normalized spacial score (nSPS) is 24.9. The lowest BCUT2D eigenvalue weighted by Gasteiger charge is -2.44. The van der Waals surface area contributed by atoms with Gasteiger partial charge in [0.05, 0.1) is 24.2 Å². The number of benzene rings is 1. The number of halogens is 1. The summed E-state index contributed by atoms with van der Waals surface area (Å²) in [5.41, 5.74) is 0.609. The van der Waals surface area contributed by atoms with E-state index in [1.54, 1.807) is 12.1 Å². The molecule has 0 N–H and O–H groups in total. The summed E-state index contributed by atoms with van der Waals surface area (Å²) in [5.74, 6) is -0.211. The zero-order valence-corrected chi connectivity index (χ0v) is 10.8. The molecule has 2 atom stereocenters. The molecule has 0 radical (unpaired) electrons. The lowest BCUT2D eigenvalue weighted by molar-refractivity contribution is 0.200. The first-order valence-electron chi connectivity index (χ1n) is 6.22. The monoisotopic (exact) mass is 247 g/mol. The Bertz CT molecular complexity index is 455. The fraction of sp³-hybridized carbons (Fsp3) is 0.500. The number of hydrogen-bond acceptors (Lipinski definition) is 3. The minimum absolute atomic E-state index is 0.0631. The summed E-state index contributed by atoms with van der Waals surface area (Å²) in [5, 5.41) is 8.92. The van der Waals surface area contributed by atoms with E-state index in [1.807, 2.05) is 18.0 Å². The Kier molecular flexibility index (Phi) is 3.83. The first-order valence-corrected chi connectivity index (χ1v) is 6.22. The standard InChI is InChI=1S/C14H18FN3/c1-11-9-18(12(7-8-16)10-17(11)2)14-6-4-3-5-13(14)15/h3-6,11-12H,7,9-10H2,1-2H3. The first kappa shape index (κ1) is 12.8. The van der Waals surface area contributed by atoms with Crippen molar-refractivity contribution in [3.8, 4) is 6.07 Å². The van der Waals surface area contributed by atoms with E-state index in [4.69, 9.17) is 5.26 Å². The number of rotatable bonds is 2. The average molecular weight is 247 g/mol. The molecule has 0 bridgehead atoms. The second-order valence-electron chi connectivity index (χ2n) is 4.91. The van der Waals surface area contributed by atoms with E-state index in [0.717, 1.165) is 13.1 Å². The van der Waals surface area contributed by atoms with Gasteiger partial charge in [0, 0.05) is 19.1 Å². The average Bonchev–Trinajstić information content (AvgIpc) is 2.35. The first-order chi connectivity index (χ1) is 8.63. The van der Waals surface area contributed by atoms with Crippen LogP contribution in [0.25, 0.3) is 0 Å². The van der Waals surface area contributed by atoms with Crippen LogP contribution >= 0.6 is 0 Å². The highest BCUT2D eigenvalue weighted by Gasteiger charge is 2.30. The SMILES string of the molecule is CC1CN(c2ccccc2F)C(CC#N)CN1C. The van der Waals surface area contributed by atoms with E-state index >= 15 is 0 Å². The number of piperazine rings is 1. The van der Waals surface area contributed by atoms with Gasteiger partial charge >= 0.3 is 0 Å². The van der Waals surface area contributed by atoms with Gasteiger partial charge in [-0.1, -0.05) is 12.1 Å². The number of para-hydroxylation sites is 1. The highest BCUT2D eigenvalue weighted by molar-refractivity contribution is 5.49. The summed E-state index contributed by atoms with van der Waals surface area (Å²) >= 11 is 0. The molecule has 1 aliphatic rings. The van der Waals surface area contributed by atoms with E-state index < -0.39 is 0 Å². The maximum atomic E-state index is 13.9. The molecule has 2 unspecified atom stereocenters. The van der Waals surface area contributed by atoms with Crippen LogP contribution in [0.2, 0.25) is 0 Å².